The number of rotatable bonds is 8. The third-order valence-corrected chi connectivity index (χ3v) is 6.88. The minimum absolute atomic E-state index is 0.0884. The molecule has 3 N–H and O–H groups in total. The summed E-state index contributed by atoms with van der Waals surface area (Å²) in [5.41, 5.74) is 7.60. The van der Waals surface area contributed by atoms with Crippen molar-refractivity contribution in [2.75, 3.05) is 50.0 Å². The smallest absolute Gasteiger partial charge is 0.417 e. The number of nitrogen functional groups attached to an aromatic ring is 1. The van der Waals surface area contributed by atoms with Gasteiger partial charge in [-0.05, 0) is 24.3 Å². The molecular formula is C25H25F4N9O3. The van der Waals surface area contributed by atoms with E-state index < -0.39 is 24.7 Å². The van der Waals surface area contributed by atoms with Gasteiger partial charge >= 0.3 is 6.18 Å². The molecule has 0 aliphatic carbocycles. The van der Waals surface area contributed by atoms with Crippen molar-refractivity contribution in [2.45, 2.75) is 18.8 Å². The highest BCUT2D eigenvalue weighted by molar-refractivity contribution is 5.90. The van der Waals surface area contributed by atoms with Crippen molar-refractivity contribution in [3.05, 3.63) is 48.6 Å². The van der Waals surface area contributed by atoms with Gasteiger partial charge in [0, 0.05) is 38.8 Å². The standard InChI is InChI=1S/C25H25F4N9O3/c26-17-12-15(41-14-20(39)25(27,28)29)3-4-18(17)36-8-5-35(6-9-36)7-10-37-22-16(13-31-37)23-32-21(19-2-1-11-40-19)34-38(23)24(30)33-22/h1-4,11-13,20,39H,5-10,14H2,(H2,30,33). The summed E-state index contributed by atoms with van der Waals surface area (Å²) < 4.78 is 65.6. The summed E-state index contributed by atoms with van der Waals surface area (Å²) in [6, 6.07) is 7.38. The largest absolute Gasteiger partial charge is 0.490 e. The van der Waals surface area contributed by atoms with E-state index in [9.17, 15) is 17.6 Å². The van der Waals surface area contributed by atoms with Crippen LogP contribution in [0.1, 0.15) is 0 Å². The fourth-order valence-electron chi connectivity index (χ4n) is 4.68. The van der Waals surface area contributed by atoms with E-state index in [-0.39, 0.29) is 11.7 Å². The molecule has 5 aromatic rings. The number of anilines is 2. The zero-order valence-electron chi connectivity index (χ0n) is 21.5. The number of furan rings is 1. The van der Waals surface area contributed by atoms with Crippen LogP contribution in [0.25, 0.3) is 28.3 Å². The van der Waals surface area contributed by atoms with Crippen molar-refractivity contribution < 1.29 is 31.8 Å². The average molecular weight is 576 g/mol. The van der Waals surface area contributed by atoms with Crippen molar-refractivity contribution in [3.8, 4) is 17.3 Å². The Labute approximate surface area is 229 Å². The number of fused-ring (bicyclic) bond motifs is 3. The Morgan fingerprint density at radius 3 is 2.59 bits per heavy atom. The van der Waals surface area contributed by atoms with Crippen LogP contribution in [-0.2, 0) is 6.54 Å². The molecule has 1 aromatic carbocycles. The summed E-state index contributed by atoms with van der Waals surface area (Å²) >= 11 is 0. The van der Waals surface area contributed by atoms with Gasteiger partial charge in [-0.15, -0.1) is 5.10 Å². The van der Waals surface area contributed by atoms with Crippen LogP contribution < -0.4 is 15.4 Å². The second-order valence-corrected chi connectivity index (χ2v) is 9.53. The van der Waals surface area contributed by atoms with E-state index in [2.05, 4.69) is 25.1 Å². The number of aliphatic hydroxyl groups excluding tert-OH is 1. The van der Waals surface area contributed by atoms with E-state index in [0.29, 0.717) is 73.2 Å². The van der Waals surface area contributed by atoms with Gasteiger partial charge in [0.15, 0.2) is 23.2 Å². The first kappa shape index (κ1) is 26.8. The van der Waals surface area contributed by atoms with Crippen LogP contribution in [0.2, 0.25) is 0 Å². The summed E-state index contributed by atoms with van der Waals surface area (Å²) in [5, 5.41) is 18.6. The highest BCUT2D eigenvalue weighted by Crippen LogP contribution is 2.27. The van der Waals surface area contributed by atoms with Gasteiger partial charge in [0.2, 0.25) is 11.8 Å². The third-order valence-electron chi connectivity index (χ3n) is 6.88. The molecule has 216 valence electrons. The number of ether oxygens (including phenoxy) is 1. The number of hydrogen-bond acceptors (Lipinski definition) is 10. The number of piperazine rings is 1. The Morgan fingerprint density at radius 1 is 1.07 bits per heavy atom. The normalized spacial score (nSPS) is 15.7. The second-order valence-electron chi connectivity index (χ2n) is 9.53. The van der Waals surface area contributed by atoms with Gasteiger partial charge in [-0.1, -0.05) is 0 Å². The molecule has 16 heteroatoms. The zero-order valence-corrected chi connectivity index (χ0v) is 21.5. The minimum atomic E-state index is -4.80. The number of halogens is 4. The molecule has 0 spiro atoms. The van der Waals surface area contributed by atoms with Crippen LogP contribution in [0.3, 0.4) is 0 Å². The number of nitrogens with zero attached hydrogens (tertiary/aromatic N) is 8. The van der Waals surface area contributed by atoms with Crippen LogP contribution in [0.4, 0.5) is 29.2 Å². The molecule has 1 saturated heterocycles. The Morgan fingerprint density at radius 2 is 1.88 bits per heavy atom. The summed E-state index contributed by atoms with van der Waals surface area (Å²) in [6.07, 6.45) is -4.23. The molecule has 1 aliphatic heterocycles. The summed E-state index contributed by atoms with van der Waals surface area (Å²) in [6.45, 7) is 2.60. The number of nitrogens with two attached hydrogens (primary N) is 1. The lowest BCUT2D eigenvalue weighted by atomic mass is 10.2. The molecule has 1 unspecified atom stereocenters. The molecule has 0 saturated carbocycles. The fraction of sp³-hybridized carbons (Fsp3) is 0.360. The van der Waals surface area contributed by atoms with Gasteiger partial charge < -0.3 is 24.9 Å². The first-order valence-electron chi connectivity index (χ1n) is 12.7. The van der Waals surface area contributed by atoms with Gasteiger partial charge in [-0.3, -0.25) is 4.90 Å². The molecule has 1 atom stereocenters. The highest BCUT2D eigenvalue weighted by atomic mass is 19.4. The van der Waals surface area contributed by atoms with E-state index in [1.807, 2.05) is 4.90 Å². The first-order chi connectivity index (χ1) is 19.7. The van der Waals surface area contributed by atoms with E-state index in [4.69, 9.17) is 20.0 Å². The van der Waals surface area contributed by atoms with Crippen molar-refractivity contribution in [1.82, 2.24) is 34.3 Å². The number of alkyl halides is 3. The van der Waals surface area contributed by atoms with Crippen molar-refractivity contribution in [3.63, 3.8) is 0 Å². The SMILES string of the molecule is Nc1nc2c(cnn2CCN2CCN(c3ccc(OCC(O)C(F)(F)F)cc3F)CC2)c2nc(-c3ccco3)nn12. The van der Waals surface area contributed by atoms with Gasteiger partial charge in [-0.25, -0.2) is 14.1 Å². The van der Waals surface area contributed by atoms with Gasteiger partial charge in [0.1, 0.15) is 18.2 Å². The summed E-state index contributed by atoms with van der Waals surface area (Å²) in [4.78, 5) is 13.1. The fourth-order valence-corrected chi connectivity index (χ4v) is 4.68. The minimum Gasteiger partial charge on any atom is -0.490 e. The van der Waals surface area contributed by atoms with E-state index >= 15 is 0 Å². The van der Waals surface area contributed by atoms with Gasteiger partial charge in [0.25, 0.3) is 0 Å². The number of aromatic nitrogens is 6. The van der Waals surface area contributed by atoms with E-state index in [1.165, 1.54) is 22.9 Å². The van der Waals surface area contributed by atoms with Gasteiger partial charge in [0.05, 0.1) is 30.1 Å². The number of benzene rings is 1. The topological polar surface area (TPSA) is 136 Å². The lowest BCUT2D eigenvalue weighted by Gasteiger charge is -2.36. The highest BCUT2D eigenvalue weighted by Gasteiger charge is 2.38. The van der Waals surface area contributed by atoms with Crippen LogP contribution in [0.5, 0.6) is 5.75 Å². The molecule has 1 aliphatic rings. The molecule has 1 fully saturated rings. The van der Waals surface area contributed by atoms with Crippen molar-refractivity contribution >= 4 is 28.3 Å². The summed E-state index contributed by atoms with van der Waals surface area (Å²) in [5.74, 6) is 0.370. The molecule has 6 rings (SSSR count). The molecule has 5 heterocycles. The molecule has 12 nitrogen and oxygen atoms in total. The van der Waals surface area contributed by atoms with Gasteiger partial charge in [-0.2, -0.15) is 27.8 Å². The van der Waals surface area contributed by atoms with Crippen LogP contribution in [0.15, 0.2) is 47.2 Å². The lowest BCUT2D eigenvalue weighted by molar-refractivity contribution is -0.210. The number of aliphatic hydroxyl groups is 1. The predicted octanol–water partition coefficient (Wildman–Crippen LogP) is 2.58. The molecule has 0 amide bonds. The van der Waals surface area contributed by atoms with E-state index in [1.54, 1.807) is 23.0 Å². The Kier molecular flexibility index (Phi) is 6.86. The van der Waals surface area contributed by atoms with Crippen LogP contribution in [0, 0.1) is 5.82 Å². The molecule has 0 bridgehead atoms. The maximum absolute atomic E-state index is 14.7. The maximum atomic E-state index is 14.7. The summed E-state index contributed by atoms with van der Waals surface area (Å²) in [7, 11) is 0. The molecule has 41 heavy (non-hydrogen) atoms. The monoisotopic (exact) mass is 575 g/mol. The molecular weight excluding hydrogens is 550 g/mol. The van der Waals surface area contributed by atoms with Crippen molar-refractivity contribution in [2.24, 2.45) is 0 Å². The first-order valence-corrected chi connectivity index (χ1v) is 12.7. The molecule has 4 aromatic heterocycles. The predicted molar refractivity (Wildman–Crippen MR) is 139 cm³/mol. The van der Waals surface area contributed by atoms with Crippen LogP contribution >= 0.6 is 0 Å². The third kappa shape index (κ3) is 5.35. The molecule has 0 radical (unpaired) electrons. The van der Waals surface area contributed by atoms with Crippen molar-refractivity contribution in [1.29, 1.82) is 0 Å². The van der Waals surface area contributed by atoms with Crippen LogP contribution in [-0.4, -0.2) is 91.0 Å². The Bertz CT molecular complexity index is 1660. The average Bonchev–Trinajstić information content (AvgIpc) is 3.70. The zero-order chi connectivity index (χ0) is 28.7. The lowest BCUT2D eigenvalue weighted by Crippen LogP contribution is -2.47. The number of hydrogen-bond donors (Lipinski definition) is 2. The quantitative estimate of drug-likeness (QED) is 0.266. The Balaban J connectivity index is 1.07. The second kappa shape index (κ2) is 10.5. The van der Waals surface area contributed by atoms with E-state index in [0.717, 1.165) is 6.07 Å². The maximum Gasteiger partial charge on any atom is 0.417 e. The Hall–Kier alpha value is -4.44.